The van der Waals surface area contributed by atoms with Crippen molar-refractivity contribution in [3.8, 4) is 0 Å². The van der Waals surface area contributed by atoms with Crippen molar-refractivity contribution in [2.45, 2.75) is 0 Å². The molecule has 5 heteroatoms. The zero-order valence-corrected chi connectivity index (χ0v) is 12.9. The Balaban J connectivity index is 2.27. The number of amides is 1. The summed E-state index contributed by atoms with van der Waals surface area (Å²) in [6, 6.07) is 7.54. The highest BCUT2D eigenvalue weighted by Gasteiger charge is 2.04. The number of methoxy groups -OCH3 is 1. The van der Waals surface area contributed by atoms with Gasteiger partial charge in [-0.1, -0.05) is 0 Å². The molecular weight excluding hydrogens is 343 g/mol. The van der Waals surface area contributed by atoms with Gasteiger partial charge in [-0.25, -0.2) is 0 Å². The minimum absolute atomic E-state index is 0.0217. The highest BCUT2D eigenvalue weighted by atomic mass is 127. The second-order valence-corrected chi connectivity index (χ2v) is 5.30. The summed E-state index contributed by atoms with van der Waals surface area (Å²) in [5.41, 5.74) is 0.704. The number of carbonyl (C=O) groups is 1. The van der Waals surface area contributed by atoms with Crippen LogP contribution in [0.15, 0.2) is 24.3 Å². The number of hydrogen-bond donors (Lipinski definition) is 1. The fraction of sp³-hybridized carbons (Fsp3) is 0.462. The third-order valence-electron chi connectivity index (χ3n) is 2.56. The van der Waals surface area contributed by atoms with Gasteiger partial charge in [-0.2, -0.15) is 0 Å². The summed E-state index contributed by atoms with van der Waals surface area (Å²) in [6.45, 7) is 3.04. The molecule has 0 atom stereocenters. The van der Waals surface area contributed by atoms with Crippen LogP contribution in [0.2, 0.25) is 0 Å². The van der Waals surface area contributed by atoms with Crippen LogP contribution in [0.1, 0.15) is 10.4 Å². The average Bonchev–Trinajstić information content (AvgIpc) is 2.37. The van der Waals surface area contributed by atoms with Crippen LogP contribution >= 0.6 is 22.6 Å². The second kappa shape index (κ2) is 8.44. The van der Waals surface area contributed by atoms with Gasteiger partial charge < -0.3 is 15.0 Å². The molecule has 0 aromatic heterocycles. The van der Waals surface area contributed by atoms with Crippen molar-refractivity contribution in [3.05, 3.63) is 33.4 Å². The molecule has 0 fully saturated rings. The van der Waals surface area contributed by atoms with Crippen molar-refractivity contribution >= 4 is 28.5 Å². The molecule has 0 aliphatic heterocycles. The number of ether oxygens (including phenoxy) is 1. The normalized spacial score (nSPS) is 10.7. The Morgan fingerprint density at radius 3 is 2.61 bits per heavy atom. The second-order valence-electron chi connectivity index (χ2n) is 4.06. The molecule has 0 aliphatic rings. The van der Waals surface area contributed by atoms with Gasteiger partial charge in [0.15, 0.2) is 0 Å². The summed E-state index contributed by atoms with van der Waals surface area (Å²) in [5.74, 6) is -0.0217. The first kappa shape index (κ1) is 15.4. The van der Waals surface area contributed by atoms with Gasteiger partial charge in [0.05, 0.1) is 6.61 Å². The van der Waals surface area contributed by atoms with Crippen LogP contribution in [-0.2, 0) is 4.74 Å². The van der Waals surface area contributed by atoms with Gasteiger partial charge >= 0.3 is 0 Å². The Morgan fingerprint density at radius 1 is 1.33 bits per heavy atom. The molecule has 0 spiro atoms. The monoisotopic (exact) mass is 362 g/mol. The van der Waals surface area contributed by atoms with Crippen molar-refractivity contribution in [1.82, 2.24) is 10.2 Å². The summed E-state index contributed by atoms with van der Waals surface area (Å²) in [6.07, 6.45) is 0. The SMILES string of the molecule is COCCN(C)CCNC(=O)c1ccc(I)cc1. The molecule has 4 nitrogen and oxygen atoms in total. The molecule has 100 valence electrons. The van der Waals surface area contributed by atoms with Gasteiger partial charge in [-0.05, 0) is 53.9 Å². The lowest BCUT2D eigenvalue weighted by Gasteiger charge is -2.16. The maximum absolute atomic E-state index is 11.8. The van der Waals surface area contributed by atoms with E-state index in [1.807, 2.05) is 31.3 Å². The van der Waals surface area contributed by atoms with E-state index in [1.165, 1.54) is 0 Å². The van der Waals surface area contributed by atoms with Gasteiger partial charge in [-0.3, -0.25) is 4.79 Å². The summed E-state index contributed by atoms with van der Waals surface area (Å²) in [7, 11) is 3.70. The first-order valence-corrected chi connectivity index (χ1v) is 6.92. The van der Waals surface area contributed by atoms with Crippen LogP contribution in [-0.4, -0.2) is 51.2 Å². The van der Waals surface area contributed by atoms with E-state index in [4.69, 9.17) is 4.74 Å². The topological polar surface area (TPSA) is 41.6 Å². The van der Waals surface area contributed by atoms with Crippen LogP contribution in [0.25, 0.3) is 0 Å². The average molecular weight is 362 g/mol. The van der Waals surface area contributed by atoms with E-state index >= 15 is 0 Å². The minimum atomic E-state index is -0.0217. The number of hydrogen-bond acceptors (Lipinski definition) is 3. The van der Waals surface area contributed by atoms with E-state index in [0.29, 0.717) is 18.7 Å². The van der Waals surface area contributed by atoms with E-state index in [0.717, 1.165) is 16.7 Å². The van der Waals surface area contributed by atoms with Crippen molar-refractivity contribution in [2.75, 3.05) is 40.4 Å². The van der Waals surface area contributed by atoms with Gasteiger partial charge in [-0.15, -0.1) is 0 Å². The Hall–Kier alpha value is -0.660. The summed E-state index contributed by atoms with van der Waals surface area (Å²) >= 11 is 2.22. The van der Waals surface area contributed by atoms with Gasteiger partial charge in [0, 0.05) is 35.9 Å². The van der Waals surface area contributed by atoms with E-state index in [-0.39, 0.29) is 5.91 Å². The minimum Gasteiger partial charge on any atom is -0.383 e. The number of benzene rings is 1. The molecule has 1 amide bonds. The molecule has 0 aliphatic carbocycles. The van der Waals surface area contributed by atoms with Gasteiger partial charge in [0.25, 0.3) is 5.91 Å². The molecule has 0 bridgehead atoms. The maximum atomic E-state index is 11.8. The first-order chi connectivity index (χ1) is 8.63. The Bertz CT molecular complexity index is 368. The predicted molar refractivity (Wildman–Crippen MR) is 80.9 cm³/mol. The van der Waals surface area contributed by atoms with Crippen molar-refractivity contribution in [3.63, 3.8) is 0 Å². The highest BCUT2D eigenvalue weighted by molar-refractivity contribution is 14.1. The van der Waals surface area contributed by atoms with Crippen LogP contribution in [0.5, 0.6) is 0 Å². The number of nitrogens with zero attached hydrogens (tertiary/aromatic N) is 1. The lowest BCUT2D eigenvalue weighted by atomic mass is 10.2. The van der Waals surface area contributed by atoms with E-state index < -0.39 is 0 Å². The quantitative estimate of drug-likeness (QED) is 0.750. The van der Waals surface area contributed by atoms with Crippen LogP contribution in [0, 0.1) is 3.57 Å². The molecule has 1 N–H and O–H groups in total. The summed E-state index contributed by atoms with van der Waals surface area (Å²) in [5, 5.41) is 2.90. The van der Waals surface area contributed by atoms with Crippen LogP contribution in [0.4, 0.5) is 0 Å². The zero-order chi connectivity index (χ0) is 13.4. The van der Waals surface area contributed by atoms with Crippen LogP contribution in [0.3, 0.4) is 0 Å². The van der Waals surface area contributed by atoms with Crippen molar-refractivity contribution < 1.29 is 9.53 Å². The fourth-order valence-corrected chi connectivity index (χ4v) is 1.78. The molecule has 0 saturated carbocycles. The molecule has 0 heterocycles. The molecule has 18 heavy (non-hydrogen) atoms. The smallest absolute Gasteiger partial charge is 0.251 e. The lowest BCUT2D eigenvalue weighted by molar-refractivity contribution is 0.0947. The van der Waals surface area contributed by atoms with Gasteiger partial charge in [0.2, 0.25) is 0 Å². The molecular formula is C13H19IN2O2. The van der Waals surface area contributed by atoms with Crippen LogP contribution < -0.4 is 5.32 Å². The van der Waals surface area contributed by atoms with Gasteiger partial charge in [0.1, 0.15) is 0 Å². The predicted octanol–water partition coefficient (Wildman–Crippen LogP) is 1.60. The molecule has 0 radical (unpaired) electrons. The molecule has 0 unspecified atom stereocenters. The Morgan fingerprint density at radius 2 is 2.00 bits per heavy atom. The number of rotatable bonds is 7. The first-order valence-electron chi connectivity index (χ1n) is 5.84. The number of likely N-dealkylation sites (N-methyl/N-ethyl adjacent to an activating group) is 1. The van der Waals surface area contributed by atoms with E-state index in [1.54, 1.807) is 7.11 Å². The van der Waals surface area contributed by atoms with E-state index in [2.05, 4.69) is 32.8 Å². The number of carbonyl (C=O) groups excluding carboxylic acids is 1. The largest absolute Gasteiger partial charge is 0.383 e. The van der Waals surface area contributed by atoms with Crippen molar-refractivity contribution in [2.24, 2.45) is 0 Å². The fourth-order valence-electron chi connectivity index (χ4n) is 1.42. The maximum Gasteiger partial charge on any atom is 0.251 e. The van der Waals surface area contributed by atoms with Crippen molar-refractivity contribution in [1.29, 1.82) is 0 Å². The Labute approximate surface area is 122 Å². The number of halogens is 1. The van der Waals surface area contributed by atoms with E-state index in [9.17, 15) is 4.79 Å². The third kappa shape index (κ3) is 5.79. The summed E-state index contributed by atoms with van der Waals surface area (Å²) < 4.78 is 6.12. The molecule has 0 saturated heterocycles. The third-order valence-corrected chi connectivity index (χ3v) is 3.28. The zero-order valence-electron chi connectivity index (χ0n) is 10.8. The molecule has 1 aromatic carbocycles. The Kier molecular flexibility index (Phi) is 7.22. The highest BCUT2D eigenvalue weighted by Crippen LogP contribution is 2.06. The summed E-state index contributed by atoms with van der Waals surface area (Å²) in [4.78, 5) is 13.9. The molecule has 1 rings (SSSR count). The number of nitrogens with one attached hydrogen (secondary N) is 1. The standard InChI is InChI=1S/C13H19IN2O2/c1-16(9-10-18-2)8-7-15-13(17)11-3-5-12(14)6-4-11/h3-6H,7-10H2,1-2H3,(H,15,17). The molecule has 1 aromatic rings. The lowest BCUT2D eigenvalue weighted by Crippen LogP contribution is -2.34.